The fourth-order valence-electron chi connectivity index (χ4n) is 10.0. The maximum absolute atomic E-state index is 13.0. The molecule has 0 aromatic rings. The molecule has 0 rings (SSSR count). The highest BCUT2D eigenvalue weighted by Gasteiger charge is 2.19. The second kappa shape index (κ2) is 69.8. The van der Waals surface area contributed by atoms with Crippen LogP contribution in [0.3, 0.4) is 0 Å². The standard InChI is InChI=1S/C76H132O6/c1-4-7-10-13-16-19-22-25-28-31-34-36-38-40-42-45-48-51-54-57-60-63-66-69-75(78)81-72-73(71-80-74(77)68-65-62-59-56-53-50-47-44-33-30-27-24-21-18-15-12-9-6-3)82-76(79)70-67-64-61-58-55-52-49-46-43-41-39-37-35-32-29-26-23-20-17-14-11-8-5-2/h7,10,16,19,23,25-26,28,30,32-36,39,41,73H,4-6,8-9,11-15,17-18,20-22,24,27,29,31,37-38,40,42-72H2,1-3H3/b10-7-,19-16-,26-23-,28-25-,33-30-,35-32-,36-34-,41-39-. The number of hydrogen-bond acceptors (Lipinski definition) is 6. The van der Waals surface area contributed by atoms with Gasteiger partial charge in [-0.1, -0.05) is 304 Å². The Bertz CT molecular complexity index is 1590. The van der Waals surface area contributed by atoms with Crippen molar-refractivity contribution in [1.29, 1.82) is 0 Å². The predicted molar refractivity (Wildman–Crippen MR) is 357 cm³/mol. The molecular formula is C76H132O6. The molecule has 1 unspecified atom stereocenters. The monoisotopic (exact) mass is 1140 g/mol. The van der Waals surface area contributed by atoms with E-state index in [1.54, 1.807) is 0 Å². The van der Waals surface area contributed by atoms with Gasteiger partial charge in [0, 0.05) is 19.3 Å². The Hall–Kier alpha value is -3.67. The van der Waals surface area contributed by atoms with E-state index in [1.165, 1.54) is 205 Å². The Morgan fingerprint density at radius 2 is 0.476 bits per heavy atom. The molecule has 82 heavy (non-hydrogen) atoms. The molecule has 1 atom stereocenters. The molecule has 0 aliphatic rings. The molecule has 0 N–H and O–H groups in total. The maximum Gasteiger partial charge on any atom is 0.306 e. The van der Waals surface area contributed by atoms with Crippen molar-refractivity contribution in [3.05, 3.63) is 97.2 Å². The number of hydrogen-bond donors (Lipinski definition) is 0. The summed E-state index contributed by atoms with van der Waals surface area (Å²) < 4.78 is 17.0. The lowest BCUT2D eigenvalue weighted by Gasteiger charge is -2.18. The lowest BCUT2D eigenvalue weighted by atomic mass is 10.1. The van der Waals surface area contributed by atoms with Gasteiger partial charge in [-0.3, -0.25) is 14.4 Å². The van der Waals surface area contributed by atoms with E-state index in [0.29, 0.717) is 19.3 Å². The Balaban J connectivity index is 4.40. The van der Waals surface area contributed by atoms with Crippen molar-refractivity contribution in [2.45, 2.75) is 354 Å². The molecule has 0 heterocycles. The molecule has 0 aromatic heterocycles. The fourth-order valence-corrected chi connectivity index (χ4v) is 10.0. The smallest absolute Gasteiger partial charge is 0.306 e. The summed E-state index contributed by atoms with van der Waals surface area (Å²) in [4.78, 5) is 38.5. The normalized spacial score (nSPS) is 12.7. The summed E-state index contributed by atoms with van der Waals surface area (Å²) in [6.45, 7) is 6.54. The quantitative estimate of drug-likeness (QED) is 0.0261. The maximum atomic E-state index is 13.0. The van der Waals surface area contributed by atoms with E-state index in [9.17, 15) is 14.4 Å². The van der Waals surface area contributed by atoms with Gasteiger partial charge in [-0.05, 0) is 122 Å². The topological polar surface area (TPSA) is 78.9 Å². The molecule has 0 aromatic carbocycles. The molecule has 0 saturated carbocycles. The largest absolute Gasteiger partial charge is 0.462 e. The number of carbonyl (C=O) groups is 3. The Kier molecular flexibility index (Phi) is 66.7. The molecule has 0 spiro atoms. The van der Waals surface area contributed by atoms with Crippen LogP contribution in [0, 0.1) is 0 Å². The highest BCUT2D eigenvalue weighted by Crippen LogP contribution is 2.17. The van der Waals surface area contributed by atoms with E-state index in [2.05, 4.69) is 118 Å². The van der Waals surface area contributed by atoms with Gasteiger partial charge in [-0.25, -0.2) is 0 Å². The SMILES string of the molecule is CC/C=C\C/C=C\C/C=C\C/C=C\CCCCCCCCCCCCC(=O)OCC(COC(=O)CCCCCCCCC/C=C\CCCCCCCCC)OC(=O)CCCCCCCCCC/C=C\C/C=C\C/C=C\CCCCCCC. The average Bonchev–Trinajstić information content (AvgIpc) is 3.47. The number of unbranched alkanes of at least 4 members (excludes halogenated alkanes) is 37. The summed E-state index contributed by atoms with van der Waals surface area (Å²) in [5.41, 5.74) is 0. The first-order valence-corrected chi connectivity index (χ1v) is 35.2. The van der Waals surface area contributed by atoms with Crippen molar-refractivity contribution in [2.24, 2.45) is 0 Å². The number of esters is 3. The van der Waals surface area contributed by atoms with Crippen molar-refractivity contribution in [1.82, 2.24) is 0 Å². The highest BCUT2D eigenvalue weighted by atomic mass is 16.6. The Morgan fingerprint density at radius 1 is 0.256 bits per heavy atom. The van der Waals surface area contributed by atoms with Crippen LogP contribution in [0.1, 0.15) is 348 Å². The predicted octanol–water partition coefficient (Wildman–Crippen LogP) is 24.4. The van der Waals surface area contributed by atoms with Crippen LogP contribution in [0.15, 0.2) is 97.2 Å². The highest BCUT2D eigenvalue weighted by molar-refractivity contribution is 5.71. The van der Waals surface area contributed by atoms with E-state index in [1.807, 2.05) is 0 Å². The van der Waals surface area contributed by atoms with Gasteiger partial charge >= 0.3 is 17.9 Å². The zero-order valence-corrected chi connectivity index (χ0v) is 54.2. The van der Waals surface area contributed by atoms with Crippen molar-refractivity contribution in [3.8, 4) is 0 Å². The number of rotatable bonds is 64. The lowest BCUT2D eigenvalue weighted by molar-refractivity contribution is -0.167. The van der Waals surface area contributed by atoms with Gasteiger partial charge in [0.2, 0.25) is 0 Å². The van der Waals surface area contributed by atoms with Gasteiger partial charge in [-0.15, -0.1) is 0 Å². The molecule has 0 fully saturated rings. The second-order valence-electron chi connectivity index (χ2n) is 23.4. The number of ether oxygens (including phenoxy) is 3. The van der Waals surface area contributed by atoms with Gasteiger partial charge in [0.15, 0.2) is 6.10 Å². The van der Waals surface area contributed by atoms with Crippen LogP contribution >= 0.6 is 0 Å². The molecule has 472 valence electrons. The molecule has 0 saturated heterocycles. The molecule has 6 heteroatoms. The third kappa shape index (κ3) is 67.1. The van der Waals surface area contributed by atoms with Gasteiger partial charge in [0.25, 0.3) is 0 Å². The van der Waals surface area contributed by atoms with Crippen molar-refractivity contribution in [2.75, 3.05) is 13.2 Å². The van der Waals surface area contributed by atoms with Gasteiger partial charge < -0.3 is 14.2 Å². The second-order valence-corrected chi connectivity index (χ2v) is 23.4. The summed E-state index contributed by atoms with van der Waals surface area (Å²) in [6, 6.07) is 0. The fraction of sp³-hybridized carbons (Fsp3) is 0.750. The van der Waals surface area contributed by atoms with E-state index >= 15 is 0 Å². The minimum Gasteiger partial charge on any atom is -0.462 e. The summed E-state index contributed by atoms with van der Waals surface area (Å²) in [7, 11) is 0. The zero-order chi connectivity index (χ0) is 59.2. The van der Waals surface area contributed by atoms with Gasteiger partial charge in [0.05, 0.1) is 0 Å². The third-order valence-electron chi connectivity index (χ3n) is 15.3. The molecular weight excluding hydrogens is 1010 g/mol. The Labute approximate surface area is 508 Å². The van der Waals surface area contributed by atoms with Crippen molar-refractivity contribution < 1.29 is 28.6 Å². The lowest BCUT2D eigenvalue weighted by Crippen LogP contribution is -2.30. The summed E-state index contributed by atoms with van der Waals surface area (Å²) in [6.07, 6.45) is 94.2. The molecule has 0 radical (unpaired) electrons. The molecule has 6 nitrogen and oxygen atoms in total. The first kappa shape index (κ1) is 78.3. The van der Waals surface area contributed by atoms with Crippen molar-refractivity contribution >= 4 is 17.9 Å². The molecule has 0 aliphatic heterocycles. The Morgan fingerprint density at radius 3 is 0.756 bits per heavy atom. The van der Waals surface area contributed by atoms with Crippen LogP contribution in [0.25, 0.3) is 0 Å². The summed E-state index contributed by atoms with van der Waals surface area (Å²) in [5, 5.41) is 0. The minimum atomic E-state index is -0.788. The minimum absolute atomic E-state index is 0.0826. The molecule has 0 amide bonds. The van der Waals surface area contributed by atoms with Gasteiger partial charge in [-0.2, -0.15) is 0 Å². The first-order chi connectivity index (χ1) is 40.5. The van der Waals surface area contributed by atoms with Crippen LogP contribution in [0.4, 0.5) is 0 Å². The average molecular weight is 1140 g/mol. The summed E-state index contributed by atoms with van der Waals surface area (Å²) >= 11 is 0. The van der Waals surface area contributed by atoms with E-state index in [-0.39, 0.29) is 31.1 Å². The first-order valence-electron chi connectivity index (χ1n) is 35.2. The van der Waals surface area contributed by atoms with E-state index < -0.39 is 6.10 Å². The molecule has 0 aliphatic carbocycles. The van der Waals surface area contributed by atoms with E-state index in [0.717, 1.165) is 103 Å². The van der Waals surface area contributed by atoms with Crippen LogP contribution in [0.2, 0.25) is 0 Å². The van der Waals surface area contributed by atoms with Crippen LogP contribution in [0.5, 0.6) is 0 Å². The summed E-state index contributed by atoms with van der Waals surface area (Å²) in [5.74, 6) is -0.882. The van der Waals surface area contributed by atoms with Crippen LogP contribution in [-0.4, -0.2) is 37.2 Å². The van der Waals surface area contributed by atoms with Crippen LogP contribution in [-0.2, 0) is 28.6 Å². The zero-order valence-electron chi connectivity index (χ0n) is 54.2. The van der Waals surface area contributed by atoms with Gasteiger partial charge in [0.1, 0.15) is 13.2 Å². The van der Waals surface area contributed by atoms with E-state index in [4.69, 9.17) is 14.2 Å². The van der Waals surface area contributed by atoms with Crippen LogP contribution < -0.4 is 0 Å². The third-order valence-corrected chi connectivity index (χ3v) is 15.3. The number of carbonyl (C=O) groups excluding carboxylic acids is 3. The van der Waals surface area contributed by atoms with Crippen molar-refractivity contribution in [3.63, 3.8) is 0 Å². The molecule has 0 bridgehead atoms. The number of allylic oxidation sites excluding steroid dienone is 16.